The zero-order valence-electron chi connectivity index (χ0n) is 17.7. The van der Waals surface area contributed by atoms with E-state index in [-0.39, 0.29) is 18.4 Å². The summed E-state index contributed by atoms with van der Waals surface area (Å²) in [7, 11) is 1.54. The van der Waals surface area contributed by atoms with Gasteiger partial charge in [0.15, 0.2) is 0 Å². The van der Waals surface area contributed by atoms with E-state index in [4.69, 9.17) is 21.3 Å². The van der Waals surface area contributed by atoms with Crippen LogP contribution in [-0.4, -0.2) is 37.2 Å². The molecule has 0 saturated carbocycles. The average molecular weight is 448 g/mol. The molecule has 3 aromatic carbocycles. The van der Waals surface area contributed by atoms with E-state index in [9.17, 15) is 9.59 Å². The van der Waals surface area contributed by atoms with Crippen molar-refractivity contribution in [2.24, 2.45) is 4.99 Å². The van der Waals surface area contributed by atoms with Crippen LogP contribution in [0.25, 0.3) is 0 Å². The highest BCUT2D eigenvalue weighted by Gasteiger charge is 2.31. The topological polar surface area (TPSA) is 71.0 Å². The summed E-state index contributed by atoms with van der Waals surface area (Å²) in [4.78, 5) is 32.3. The average Bonchev–Trinajstić information content (AvgIpc) is 2.90. The van der Waals surface area contributed by atoms with E-state index in [0.717, 1.165) is 5.56 Å². The number of aliphatic imine (C=N–C) groups is 1. The number of rotatable bonds is 5. The molecule has 6 nitrogen and oxygen atoms in total. The number of methoxy groups -OCH3 is 1. The molecule has 162 valence electrons. The number of benzodiazepines with no additional fused rings is 1. The molecule has 4 rings (SSSR count). The Morgan fingerprint density at radius 2 is 1.81 bits per heavy atom. The van der Waals surface area contributed by atoms with E-state index in [2.05, 4.69) is 5.32 Å². The minimum atomic E-state index is -0.671. The second-order valence-corrected chi connectivity index (χ2v) is 7.79. The van der Waals surface area contributed by atoms with Crippen molar-refractivity contribution in [1.29, 1.82) is 0 Å². The Hall–Kier alpha value is -3.64. The Kier molecular flexibility index (Phi) is 6.23. The fourth-order valence-electron chi connectivity index (χ4n) is 3.67. The number of anilines is 2. The lowest BCUT2D eigenvalue weighted by atomic mass is 10.00. The van der Waals surface area contributed by atoms with Gasteiger partial charge >= 0.3 is 0 Å². The lowest BCUT2D eigenvalue weighted by Gasteiger charge is -2.24. The number of nitrogens with zero attached hydrogens (tertiary/aromatic N) is 2. The SMILES string of the molecule is COc1ccccc1NC(=O)CN1C(=O)C(C)N=C(c2ccccc2)c2cc(Cl)ccc21. The standard InChI is InChI=1S/C25H22ClN3O3/c1-16-25(31)29(15-23(30)28-20-10-6-7-11-22(20)32-2)21-13-12-18(26)14-19(21)24(27-16)17-8-4-3-5-9-17/h3-14,16H,15H2,1-2H3,(H,28,30). The van der Waals surface area contributed by atoms with Crippen molar-refractivity contribution < 1.29 is 14.3 Å². The number of hydrogen-bond donors (Lipinski definition) is 1. The van der Waals surface area contributed by atoms with Gasteiger partial charge in [0.1, 0.15) is 18.3 Å². The van der Waals surface area contributed by atoms with Gasteiger partial charge in [-0.3, -0.25) is 14.6 Å². The number of halogens is 1. The van der Waals surface area contributed by atoms with Crippen molar-refractivity contribution in [3.05, 3.63) is 88.9 Å². The third-order valence-corrected chi connectivity index (χ3v) is 5.42. The number of para-hydroxylation sites is 2. The number of carbonyl (C=O) groups excluding carboxylic acids is 2. The molecule has 1 atom stereocenters. The van der Waals surface area contributed by atoms with E-state index >= 15 is 0 Å². The van der Waals surface area contributed by atoms with Gasteiger partial charge in [-0.25, -0.2) is 0 Å². The van der Waals surface area contributed by atoms with Crippen LogP contribution in [0.1, 0.15) is 18.1 Å². The van der Waals surface area contributed by atoms with Gasteiger partial charge in [-0.15, -0.1) is 0 Å². The zero-order valence-corrected chi connectivity index (χ0v) is 18.5. The first-order valence-electron chi connectivity index (χ1n) is 10.2. The first-order chi connectivity index (χ1) is 15.5. The largest absolute Gasteiger partial charge is 0.495 e. The van der Waals surface area contributed by atoms with Gasteiger partial charge in [-0.05, 0) is 37.3 Å². The summed E-state index contributed by atoms with van der Waals surface area (Å²) >= 11 is 6.30. The molecule has 0 aromatic heterocycles. The molecule has 0 saturated heterocycles. The van der Waals surface area contributed by atoms with Gasteiger partial charge < -0.3 is 15.0 Å². The Morgan fingerprint density at radius 1 is 1.09 bits per heavy atom. The summed E-state index contributed by atoms with van der Waals surface area (Å²) in [5, 5.41) is 3.35. The summed E-state index contributed by atoms with van der Waals surface area (Å²) in [6.07, 6.45) is 0. The molecule has 1 N–H and O–H groups in total. The van der Waals surface area contributed by atoms with Crippen LogP contribution in [0.5, 0.6) is 5.75 Å². The van der Waals surface area contributed by atoms with Gasteiger partial charge in [-0.1, -0.05) is 54.1 Å². The number of ether oxygens (including phenoxy) is 1. The van der Waals surface area contributed by atoms with E-state index in [0.29, 0.717) is 33.4 Å². The van der Waals surface area contributed by atoms with Gasteiger partial charge in [0, 0.05) is 16.1 Å². The first-order valence-corrected chi connectivity index (χ1v) is 10.5. The maximum Gasteiger partial charge on any atom is 0.252 e. The van der Waals surface area contributed by atoms with Gasteiger partial charge in [0.25, 0.3) is 5.91 Å². The van der Waals surface area contributed by atoms with Crippen molar-refractivity contribution in [2.75, 3.05) is 23.9 Å². The third kappa shape index (κ3) is 4.36. The number of carbonyl (C=O) groups is 2. The van der Waals surface area contributed by atoms with E-state index in [1.165, 1.54) is 12.0 Å². The van der Waals surface area contributed by atoms with Crippen molar-refractivity contribution in [2.45, 2.75) is 13.0 Å². The fraction of sp³-hybridized carbons (Fsp3) is 0.160. The molecule has 7 heteroatoms. The summed E-state index contributed by atoms with van der Waals surface area (Å²) in [5.41, 5.74) is 3.36. The molecular formula is C25H22ClN3O3. The molecule has 0 aliphatic carbocycles. The molecule has 1 aliphatic heterocycles. The van der Waals surface area contributed by atoms with Gasteiger partial charge in [0.2, 0.25) is 5.91 Å². The lowest BCUT2D eigenvalue weighted by molar-refractivity contribution is -0.122. The Labute approximate surface area is 191 Å². The predicted molar refractivity (Wildman–Crippen MR) is 127 cm³/mol. The molecule has 32 heavy (non-hydrogen) atoms. The maximum absolute atomic E-state index is 13.3. The highest BCUT2D eigenvalue weighted by atomic mass is 35.5. The van der Waals surface area contributed by atoms with Crippen molar-refractivity contribution in [3.8, 4) is 5.75 Å². The number of benzene rings is 3. The summed E-state index contributed by atoms with van der Waals surface area (Å²) in [6.45, 7) is 1.55. The monoisotopic (exact) mass is 447 g/mol. The molecule has 1 aliphatic rings. The molecule has 0 fully saturated rings. The quantitative estimate of drug-likeness (QED) is 0.623. The third-order valence-electron chi connectivity index (χ3n) is 5.18. The maximum atomic E-state index is 13.3. The van der Waals surface area contributed by atoms with Crippen molar-refractivity contribution in [1.82, 2.24) is 0 Å². The summed E-state index contributed by atoms with van der Waals surface area (Å²) in [6, 6.07) is 21.3. The summed E-state index contributed by atoms with van der Waals surface area (Å²) < 4.78 is 5.30. The molecule has 1 heterocycles. The molecule has 0 spiro atoms. The fourth-order valence-corrected chi connectivity index (χ4v) is 3.84. The lowest BCUT2D eigenvalue weighted by Crippen LogP contribution is -2.42. The Morgan fingerprint density at radius 3 is 2.56 bits per heavy atom. The normalized spacial score (nSPS) is 15.5. The van der Waals surface area contributed by atoms with E-state index in [1.54, 1.807) is 43.3 Å². The summed E-state index contributed by atoms with van der Waals surface area (Å²) in [5.74, 6) is -0.0768. The van der Waals surface area contributed by atoms with Crippen LogP contribution in [0.3, 0.4) is 0 Å². The van der Waals surface area contributed by atoms with Gasteiger partial charge in [-0.2, -0.15) is 0 Å². The zero-order chi connectivity index (χ0) is 22.7. The minimum absolute atomic E-state index is 0.173. The molecular weight excluding hydrogens is 426 g/mol. The van der Waals surface area contributed by atoms with Crippen molar-refractivity contribution in [3.63, 3.8) is 0 Å². The Balaban J connectivity index is 1.71. The van der Waals surface area contributed by atoms with E-state index in [1.807, 2.05) is 36.4 Å². The second-order valence-electron chi connectivity index (χ2n) is 7.35. The molecule has 2 amide bonds. The smallest absolute Gasteiger partial charge is 0.252 e. The molecule has 0 bridgehead atoms. The van der Waals surface area contributed by atoms with Crippen LogP contribution < -0.4 is 15.0 Å². The second kappa shape index (κ2) is 9.24. The van der Waals surface area contributed by atoms with Crippen LogP contribution in [0, 0.1) is 0 Å². The van der Waals surface area contributed by atoms with Crippen LogP contribution in [0.4, 0.5) is 11.4 Å². The highest BCUT2D eigenvalue weighted by Crippen LogP contribution is 2.31. The number of hydrogen-bond acceptors (Lipinski definition) is 4. The highest BCUT2D eigenvalue weighted by molar-refractivity contribution is 6.32. The van der Waals surface area contributed by atoms with Crippen LogP contribution in [0.2, 0.25) is 5.02 Å². The molecule has 1 unspecified atom stereocenters. The van der Waals surface area contributed by atoms with Gasteiger partial charge in [0.05, 0.1) is 24.2 Å². The number of fused-ring (bicyclic) bond motifs is 1. The number of nitrogens with one attached hydrogen (secondary N) is 1. The van der Waals surface area contributed by atoms with Crippen molar-refractivity contribution >= 4 is 40.5 Å². The molecule has 0 radical (unpaired) electrons. The van der Waals surface area contributed by atoms with Crippen LogP contribution in [-0.2, 0) is 9.59 Å². The van der Waals surface area contributed by atoms with Crippen LogP contribution in [0.15, 0.2) is 77.8 Å². The molecule has 3 aromatic rings. The van der Waals surface area contributed by atoms with Crippen LogP contribution >= 0.6 is 11.6 Å². The minimum Gasteiger partial charge on any atom is -0.495 e. The predicted octanol–water partition coefficient (Wildman–Crippen LogP) is 4.56. The first kappa shape index (κ1) is 21.6. The Bertz CT molecular complexity index is 1190. The number of amides is 2. The van der Waals surface area contributed by atoms with E-state index < -0.39 is 6.04 Å².